The van der Waals surface area contributed by atoms with Crippen LogP contribution in [0.4, 0.5) is 0 Å². The predicted molar refractivity (Wildman–Crippen MR) is 65.2 cm³/mol. The highest BCUT2D eigenvalue weighted by Gasteiger charge is 2.18. The van der Waals surface area contributed by atoms with E-state index in [4.69, 9.17) is 4.74 Å². The number of hydrogen-bond acceptors (Lipinski definition) is 3. The Morgan fingerprint density at radius 1 is 1.38 bits per heavy atom. The molecule has 0 aliphatic heterocycles. The molecule has 0 saturated carbocycles. The fourth-order valence-corrected chi connectivity index (χ4v) is 1.19. The van der Waals surface area contributed by atoms with Gasteiger partial charge in [-0.15, -0.1) is 0 Å². The van der Waals surface area contributed by atoms with Crippen molar-refractivity contribution >= 4 is 5.97 Å². The van der Waals surface area contributed by atoms with Gasteiger partial charge in [-0.3, -0.25) is 4.79 Å². The molecule has 0 rings (SSSR count). The monoisotopic (exact) mass is 230 g/mol. The minimum atomic E-state index is -0.649. The molecule has 2 atom stereocenters. The zero-order valence-electron chi connectivity index (χ0n) is 11.2. The zero-order chi connectivity index (χ0) is 12.8. The fourth-order valence-electron chi connectivity index (χ4n) is 1.19. The minimum absolute atomic E-state index is 0.0285. The molecule has 0 spiro atoms. The van der Waals surface area contributed by atoms with Crippen LogP contribution in [0.2, 0.25) is 0 Å². The lowest BCUT2D eigenvalue weighted by atomic mass is 9.96. The first-order chi connectivity index (χ1) is 7.28. The minimum Gasteiger partial charge on any atom is -0.462 e. The van der Waals surface area contributed by atoms with E-state index in [1.54, 1.807) is 6.92 Å². The number of aliphatic hydroxyl groups is 1. The van der Waals surface area contributed by atoms with Crippen molar-refractivity contribution in [3.63, 3.8) is 0 Å². The van der Waals surface area contributed by atoms with Crippen molar-refractivity contribution in [2.75, 3.05) is 0 Å². The summed E-state index contributed by atoms with van der Waals surface area (Å²) in [7, 11) is 0. The van der Waals surface area contributed by atoms with Crippen LogP contribution in [0, 0.1) is 5.92 Å². The molecule has 3 heteroatoms. The molecule has 0 amide bonds. The molecule has 0 radical (unpaired) electrons. The second-order valence-corrected chi connectivity index (χ2v) is 5.14. The Kier molecular flexibility index (Phi) is 6.65. The molecule has 0 aromatic rings. The Morgan fingerprint density at radius 3 is 2.38 bits per heavy atom. The molecule has 0 aliphatic rings. The predicted octanol–water partition coefficient (Wildman–Crippen LogP) is 2.91. The van der Waals surface area contributed by atoms with Crippen LogP contribution in [0.1, 0.15) is 60.3 Å². The van der Waals surface area contributed by atoms with Gasteiger partial charge in [0.15, 0.2) is 0 Å². The molecule has 16 heavy (non-hydrogen) atoms. The van der Waals surface area contributed by atoms with Crippen LogP contribution < -0.4 is 0 Å². The summed E-state index contributed by atoms with van der Waals surface area (Å²) in [6.07, 6.45) is 2.41. The number of carbonyl (C=O) groups excluding carboxylic acids is 1. The normalized spacial score (nSPS) is 16.9. The maximum absolute atomic E-state index is 11.4. The lowest BCUT2D eigenvalue weighted by Crippen LogP contribution is -2.24. The van der Waals surface area contributed by atoms with Gasteiger partial charge in [-0.25, -0.2) is 0 Å². The van der Waals surface area contributed by atoms with Gasteiger partial charge >= 0.3 is 5.97 Å². The Hall–Kier alpha value is -0.570. The highest BCUT2D eigenvalue weighted by molar-refractivity contribution is 5.69. The lowest BCUT2D eigenvalue weighted by molar-refractivity contribution is -0.150. The van der Waals surface area contributed by atoms with Crippen LogP contribution >= 0.6 is 0 Å². The van der Waals surface area contributed by atoms with E-state index in [1.165, 1.54) is 0 Å². The van der Waals surface area contributed by atoms with Gasteiger partial charge in [0.05, 0.1) is 5.60 Å². The fraction of sp³-hybridized carbons (Fsp3) is 0.923. The highest BCUT2D eigenvalue weighted by atomic mass is 16.5. The second kappa shape index (κ2) is 6.89. The molecule has 0 bridgehead atoms. The van der Waals surface area contributed by atoms with Gasteiger partial charge in [0.25, 0.3) is 0 Å². The van der Waals surface area contributed by atoms with Crippen LogP contribution in [-0.4, -0.2) is 22.8 Å². The number of rotatable bonds is 7. The number of ether oxygens (including phenoxy) is 1. The van der Waals surface area contributed by atoms with Crippen molar-refractivity contribution in [1.82, 2.24) is 0 Å². The van der Waals surface area contributed by atoms with Crippen molar-refractivity contribution in [1.29, 1.82) is 0 Å². The third kappa shape index (κ3) is 6.83. The summed E-state index contributed by atoms with van der Waals surface area (Å²) in [6.45, 7) is 9.71. The number of hydrogen-bond donors (Lipinski definition) is 1. The highest BCUT2D eigenvalue weighted by Crippen LogP contribution is 2.17. The summed E-state index contributed by atoms with van der Waals surface area (Å²) >= 11 is 0. The van der Waals surface area contributed by atoms with Crippen molar-refractivity contribution in [2.45, 2.75) is 72.0 Å². The molecule has 0 aromatic carbocycles. The maximum atomic E-state index is 11.4. The van der Waals surface area contributed by atoms with Gasteiger partial charge < -0.3 is 9.84 Å². The van der Waals surface area contributed by atoms with Crippen LogP contribution in [0.5, 0.6) is 0 Å². The molecule has 96 valence electrons. The maximum Gasteiger partial charge on any atom is 0.306 e. The zero-order valence-corrected chi connectivity index (χ0v) is 11.2. The van der Waals surface area contributed by atoms with Gasteiger partial charge in [0.2, 0.25) is 0 Å². The van der Waals surface area contributed by atoms with Crippen molar-refractivity contribution < 1.29 is 14.6 Å². The van der Waals surface area contributed by atoms with E-state index in [1.807, 2.05) is 27.7 Å². The third-order valence-electron chi connectivity index (χ3n) is 3.11. The van der Waals surface area contributed by atoms with Crippen molar-refractivity contribution in [2.24, 2.45) is 5.92 Å². The molecule has 0 saturated heterocycles. The summed E-state index contributed by atoms with van der Waals surface area (Å²) < 4.78 is 5.24. The summed E-state index contributed by atoms with van der Waals surface area (Å²) in [5.41, 5.74) is -0.649. The SMILES string of the molecule is CCC(C)(O)CCCC(=O)OC(C)C(C)C. The molecule has 0 fully saturated rings. The van der Waals surface area contributed by atoms with Crippen LogP contribution in [0.15, 0.2) is 0 Å². The van der Waals surface area contributed by atoms with Crippen LogP contribution in [0.25, 0.3) is 0 Å². The molecule has 0 aromatic heterocycles. The molecular weight excluding hydrogens is 204 g/mol. The Morgan fingerprint density at radius 2 is 1.94 bits per heavy atom. The van der Waals surface area contributed by atoms with E-state index in [9.17, 15) is 9.90 Å². The van der Waals surface area contributed by atoms with Gasteiger partial charge in [0, 0.05) is 6.42 Å². The van der Waals surface area contributed by atoms with Gasteiger partial charge in [0.1, 0.15) is 6.10 Å². The largest absolute Gasteiger partial charge is 0.462 e. The molecule has 2 unspecified atom stereocenters. The van der Waals surface area contributed by atoms with E-state index in [2.05, 4.69) is 0 Å². The van der Waals surface area contributed by atoms with Gasteiger partial charge in [-0.2, -0.15) is 0 Å². The molecule has 1 N–H and O–H groups in total. The van der Waals surface area contributed by atoms with E-state index in [0.29, 0.717) is 31.6 Å². The summed E-state index contributed by atoms with van der Waals surface area (Å²) in [5.74, 6) is 0.191. The van der Waals surface area contributed by atoms with E-state index in [-0.39, 0.29) is 12.1 Å². The second-order valence-electron chi connectivity index (χ2n) is 5.14. The quantitative estimate of drug-likeness (QED) is 0.684. The summed E-state index contributed by atoms with van der Waals surface area (Å²) in [6, 6.07) is 0. The van der Waals surface area contributed by atoms with Gasteiger partial charge in [-0.05, 0) is 39.0 Å². The molecule has 0 aliphatic carbocycles. The third-order valence-corrected chi connectivity index (χ3v) is 3.11. The summed E-state index contributed by atoms with van der Waals surface area (Å²) in [5, 5.41) is 9.75. The first kappa shape index (κ1) is 15.4. The van der Waals surface area contributed by atoms with Crippen molar-refractivity contribution in [3.8, 4) is 0 Å². The Bertz CT molecular complexity index is 209. The van der Waals surface area contributed by atoms with E-state index in [0.717, 1.165) is 0 Å². The average Bonchev–Trinajstić information content (AvgIpc) is 2.17. The molecular formula is C13H26O3. The first-order valence-electron chi connectivity index (χ1n) is 6.20. The average molecular weight is 230 g/mol. The smallest absolute Gasteiger partial charge is 0.306 e. The van der Waals surface area contributed by atoms with E-state index < -0.39 is 5.60 Å². The number of carbonyl (C=O) groups is 1. The van der Waals surface area contributed by atoms with Crippen LogP contribution in [-0.2, 0) is 9.53 Å². The van der Waals surface area contributed by atoms with Crippen LogP contribution in [0.3, 0.4) is 0 Å². The number of esters is 1. The topological polar surface area (TPSA) is 46.5 Å². The van der Waals surface area contributed by atoms with E-state index >= 15 is 0 Å². The molecule has 3 nitrogen and oxygen atoms in total. The Balaban J connectivity index is 3.75. The standard InChI is InChI=1S/C13H26O3/c1-6-13(5,15)9-7-8-12(14)16-11(4)10(2)3/h10-11,15H,6-9H2,1-5H3. The molecule has 0 heterocycles. The van der Waals surface area contributed by atoms with Gasteiger partial charge in [-0.1, -0.05) is 20.8 Å². The summed E-state index contributed by atoms with van der Waals surface area (Å²) in [4.78, 5) is 11.4. The Labute approximate surface area is 99.2 Å². The first-order valence-corrected chi connectivity index (χ1v) is 6.20. The lowest BCUT2D eigenvalue weighted by Gasteiger charge is -2.21. The van der Waals surface area contributed by atoms with Crippen molar-refractivity contribution in [3.05, 3.63) is 0 Å².